The fourth-order valence-electron chi connectivity index (χ4n) is 5.95. The third-order valence-electron chi connectivity index (χ3n) is 7.95. The minimum absolute atomic E-state index is 0.133. The maximum absolute atomic E-state index is 11.1. The van der Waals surface area contributed by atoms with E-state index in [4.69, 9.17) is 5.11 Å². The van der Waals surface area contributed by atoms with Crippen molar-refractivity contribution in [1.82, 2.24) is 0 Å². The van der Waals surface area contributed by atoms with Gasteiger partial charge in [-0.2, -0.15) is 4.58 Å². The van der Waals surface area contributed by atoms with Gasteiger partial charge in [0.1, 0.15) is 6.54 Å². The summed E-state index contributed by atoms with van der Waals surface area (Å²) < 4.78 is 2.36. The van der Waals surface area contributed by atoms with E-state index in [1.165, 1.54) is 28.2 Å². The molecule has 2 heterocycles. The summed E-state index contributed by atoms with van der Waals surface area (Å²) in [7, 11) is 0. The van der Waals surface area contributed by atoms with E-state index >= 15 is 0 Å². The number of hydrogen-bond acceptors (Lipinski definition) is 3. The number of hydrogen-bond donors (Lipinski definition) is 2. The normalized spacial score (nSPS) is 18.4. The summed E-state index contributed by atoms with van der Waals surface area (Å²) >= 11 is 0. The summed E-state index contributed by atoms with van der Waals surface area (Å²) in [5.41, 5.74) is 7.04. The monoisotopic (exact) mass is 525 g/mol. The topological polar surface area (TPSA) is 63.8 Å². The van der Waals surface area contributed by atoms with Gasteiger partial charge in [0.25, 0.3) is 0 Å². The number of allylic oxidation sites excluding steroid dienone is 7. The Morgan fingerprint density at radius 3 is 2.31 bits per heavy atom. The van der Waals surface area contributed by atoms with E-state index in [1.807, 2.05) is 6.07 Å². The number of benzene rings is 2. The average molecular weight is 526 g/mol. The Labute approximate surface area is 232 Å². The van der Waals surface area contributed by atoms with Crippen LogP contribution in [0, 0.1) is 0 Å². The second kappa shape index (κ2) is 11.5. The Hall–Kier alpha value is -3.86. The number of carboxylic acid groups (broad SMARTS) is 1. The molecule has 0 fully saturated rings. The number of nitrogens with zero attached hydrogens (tertiary/aromatic N) is 2. The van der Waals surface area contributed by atoms with Crippen LogP contribution in [0.4, 0.5) is 11.4 Å². The lowest BCUT2D eigenvalue weighted by Gasteiger charge is -2.26. The third kappa shape index (κ3) is 5.78. The van der Waals surface area contributed by atoms with Crippen LogP contribution in [0.3, 0.4) is 0 Å². The lowest BCUT2D eigenvalue weighted by atomic mass is 9.81. The SMILES string of the molecule is C=C(O)CCC[N+]1=C(C=CC=CC=C2N(CCCC(=O)O)c3ccccc3C2(C)C)C(C)(C)c2ccccc21. The van der Waals surface area contributed by atoms with Crippen molar-refractivity contribution in [2.45, 2.75) is 64.2 Å². The lowest BCUT2D eigenvalue weighted by Crippen LogP contribution is -2.27. The molecule has 204 valence electrons. The lowest BCUT2D eigenvalue weighted by molar-refractivity contribution is -0.438. The maximum Gasteiger partial charge on any atom is 0.303 e. The van der Waals surface area contributed by atoms with E-state index in [9.17, 15) is 9.90 Å². The average Bonchev–Trinajstić information content (AvgIpc) is 3.23. The molecule has 2 aliphatic rings. The Bertz CT molecular complexity index is 1370. The van der Waals surface area contributed by atoms with Crippen molar-refractivity contribution >= 4 is 23.1 Å². The van der Waals surface area contributed by atoms with Gasteiger partial charge >= 0.3 is 5.97 Å². The third-order valence-corrected chi connectivity index (χ3v) is 7.95. The van der Waals surface area contributed by atoms with Crippen LogP contribution in [-0.4, -0.2) is 39.6 Å². The summed E-state index contributed by atoms with van der Waals surface area (Å²) in [6.45, 7) is 14.1. The number of aliphatic hydroxyl groups excluding tert-OH is 1. The van der Waals surface area contributed by atoms with Crippen molar-refractivity contribution in [3.63, 3.8) is 0 Å². The predicted octanol–water partition coefficient (Wildman–Crippen LogP) is 7.57. The predicted molar refractivity (Wildman–Crippen MR) is 160 cm³/mol. The van der Waals surface area contributed by atoms with Gasteiger partial charge in [-0.3, -0.25) is 4.79 Å². The van der Waals surface area contributed by atoms with Gasteiger partial charge in [0, 0.05) is 60.3 Å². The second-order valence-corrected chi connectivity index (χ2v) is 11.4. The molecule has 4 rings (SSSR count). The molecule has 2 aromatic rings. The quantitative estimate of drug-likeness (QED) is 0.180. The highest BCUT2D eigenvalue weighted by atomic mass is 16.4. The Balaban J connectivity index is 1.60. The highest BCUT2D eigenvalue weighted by molar-refractivity contribution is 6.03. The first-order valence-corrected chi connectivity index (χ1v) is 13.8. The summed E-state index contributed by atoms with van der Waals surface area (Å²) in [6, 6.07) is 16.9. The minimum Gasteiger partial charge on any atom is -0.513 e. The van der Waals surface area contributed by atoms with E-state index < -0.39 is 5.97 Å². The van der Waals surface area contributed by atoms with Gasteiger partial charge < -0.3 is 15.1 Å². The summed E-state index contributed by atoms with van der Waals surface area (Å²) in [4.78, 5) is 13.4. The minimum atomic E-state index is -0.762. The first-order chi connectivity index (χ1) is 18.5. The second-order valence-electron chi connectivity index (χ2n) is 11.4. The molecule has 0 spiro atoms. The van der Waals surface area contributed by atoms with E-state index in [0.29, 0.717) is 19.4 Å². The van der Waals surface area contributed by atoms with E-state index in [0.717, 1.165) is 18.7 Å². The van der Waals surface area contributed by atoms with Gasteiger partial charge in [0.15, 0.2) is 5.71 Å². The molecule has 0 aliphatic carbocycles. The zero-order chi connectivity index (χ0) is 28.2. The Kier molecular flexibility index (Phi) is 8.29. The van der Waals surface area contributed by atoms with Crippen LogP contribution in [0.1, 0.15) is 64.5 Å². The van der Waals surface area contributed by atoms with Crippen LogP contribution in [0.25, 0.3) is 0 Å². The summed E-state index contributed by atoms with van der Waals surface area (Å²) in [5, 5.41) is 18.7. The molecule has 0 unspecified atom stereocenters. The van der Waals surface area contributed by atoms with Crippen molar-refractivity contribution in [2.75, 3.05) is 18.0 Å². The number of fused-ring (bicyclic) bond motifs is 2. The smallest absolute Gasteiger partial charge is 0.303 e. The molecular formula is C34H41N2O3+. The fraction of sp³-hybridized carbons (Fsp3) is 0.353. The van der Waals surface area contributed by atoms with E-state index in [2.05, 4.69) is 117 Å². The molecule has 0 bridgehead atoms. The van der Waals surface area contributed by atoms with Crippen molar-refractivity contribution < 1.29 is 19.6 Å². The Morgan fingerprint density at radius 1 is 0.897 bits per heavy atom. The molecule has 2 N–H and O–H groups in total. The first kappa shape index (κ1) is 28.2. The van der Waals surface area contributed by atoms with E-state index in [-0.39, 0.29) is 23.0 Å². The number of aliphatic hydroxyl groups is 1. The van der Waals surface area contributed by atoms with Crippen LogP contribution >= 0.6 is 0 Å². The Morgan fingerprint density at radius 2 is 1.59 bits per heavy atom. The van der Waals surface area contributed by atoms with E-state index in [1.54, 1.807) is 0 Å². The number of anilines is 1. The van der Waals surface area contributed by atoms with Crippen LogP contribution < -0.4 is 4.90 Å². The molecule has 0 saturated heterocycles. The van der Waals surface area contributed by atoms with Gasteiger partial charge in [-0.25, -0.2) is 0 Å². The fourth-order valence-corrected chi connectivity index (χ4v) is 5.95. The molecule has 2 aliphatic heterocycles. The van der Waals surface area contributed by atoms with Crippen molar-refractivity contribution in [3.05, 3.63) is 108 Å². The number of carboxylic acids is 1. The van der Waals surface area contributed by atoms with Gasteiger partial charge in [-0.05, 0) is 38.0 Å². The molecule has 0 amide bonds. The largest absolute Gasteiger partial charge is 0.513 e. The maximum atomic E-state index is 11.1. The molecular weight excluding hydrogens is 484 g/mol. The van der Waals surface area contributed by atoms with Crippen LogP contribution in [-0.2, 0) is 15.6 Å². The van der Waals surface area contributed by atoms with Crippen LogP contribution in [0.15, 0.2) is 96.9 Å². The summed E-state index contributed by atoms with van der Waals surface area (Å²) in [5.74, 6) is -0.536. The van der Waals surface area contributed by atoms with Gasteiger partial charge in [0.05, 0.1) is 11.2 Å². The summed E-state index contributed by atoms with van der Waals surface area (Å²) in [6.07, 6.45) is 12.8. The molecule has 0 atom stereocenters. The standard InChI is InChI=1S/C34H40N2O3/c1-25(37)15-13-23-35-28-18-11-9-16-26(28)33(2,3)30(35)20-7-6-8-21-31-34(4,5)27-17-10-12-19-29(27)36(31)24-14-22-32(38)39/h6-12,16-21H,1,13-15,22-24H2,2-5H3,(H-,37,38,39)/p+1. The zero-order valence-corrected chi connectivity index (χ0v) is 23.7. The highest BCUT2D eigenvalue weighted by Crippen LogP contribution is 2.47. The number of para-hydroxylation sites is 2. The van der Waals surface area contributed by atoms with Crippen LogP contribution in [0.5, 0.6) is 0 Å². The molecule has 2 aromatic carbocycles. The molecule has 0 radical (unpaired) electrons. The zero-order valence-electron chi connectivity index (χ0n) is 23.7. The van der Waals surface area contributed by atoms with Crippen LogP contribution in [0.2, 0.25) is 0 Å². The van der Waals surface area contributed by atoms with Crippen molar-refractivity contribution in [3.8, 4) is 0 Å². The van der Waals surface area contributed by atoms with Crippen molar-refractivity contribution in [1.29, 1.82) is 0 Å². The molecule has 5 nitrogen and oxygen atoms in total. The number of carbonyl (C=O) groups is 1. The number of rotatable bonds is 11. The first-order valence-electron chi connectivity index (χ1n) is 13.8. The van der Waals surface area contributed by atoms with Crippen molar-refractivity contribution in [2.24, 2.45) is 0 Å². The molecule has 39 heavy (non-hydrogen) atoms. The highest BCUT2D eigenvalue weighted by Gasteiger charge is 2.43. The van der Waals surface area contributed by atoms with Gasteiger partial charge in [-0.1, -0.05) is 75.1 Å². The van der Waals surface area contributed by atoms with Gasteiger partial charge in [0.2, 0.25) is 5.69 Å². The molecule has 0 saturated carbocycles. The molecule has 0 aromatic heterocycles. The van der Waals surface area contributed by atoms with Gasteiger partial charge in [-0.15, -0.1) is 0 Å². The number of aliphatic carboxylic acids is 1. The molecule has 5 heteroatoms.